The van der Waals surface area contributed by atoms with Crippen molar-refractivity contribution in [3.8, 4) is 0 Å². The van der Waals surface area contributed by atoms with Crippen molar-refractivity contribution in [1.82, 2.24) is 4.98 Å². The molecule has 2 aromatic rings. The van der Waals surface area contributed by atoms with Crippen LogP contribution in [0.2, 0.25) is 0 Å². The average molecular weight is 652 g/mol. The summed E-state index contributed by atoms with van der Waals surface area (Å²) in [5, 5.41) is 11.3. The minimum atomic E-state index is -9.77. The van der Waals surface area contributed by atoms with Crippen LogP contribution in [-0.4, -0.2) is 16.3 Å². The first kappa shape index (κ1) is 36.1. The molecule has 3 nitrogen and oxygen atoms in total. The Kier molecular flexibility index (Phi) is 9.63. The van der Waals surface area contributed by atoms with E-state index in [1.54, 1.807) is 6.26 Å². The first-order valence-electron chi connectivity index (χ1n) is 15.2. The van der Waals surface area contributed by atoms with Crippen LogP contribution in [0.15, 0.2) is 29.2 Å². The van der Waals surface area contributed by atoms with Gasteiger partial charge in [-0.2, -0.15) is 12.6 Å². The van der Waals surface area contributed by atoms with Crippen LogP contribution >= 0.6 is 22.9 Å². The highest BCUT2D eigenvalue weighted by Gasteiger charge is 2.65. The molecule has 2 heterocycles. The summed E-state index contributed by atoms with van der Waals surface area (Å²) in [5.74, 6) is 0.00264. The fraction of sp³-hybridized carbons (Fsp3) is 0.667. The number of nitrogens with zero attached hydrogens (tertiary/aromatic N) is 1. The van der Waals surface area contributed by atoms with E-state index in [0.717, 1.165) is 65.9 Å². The lowest BCUT2D eigenvalue weighted by Crippen LogP contribution is -2.32. The van der Waals surface area contributed by atoms with E-state index >= 15 is 0 Å². The smallest absolute Gasteiger partial charge is 0.310 e. The second-order valence-electron chi connectivity index (χ2n) is 14.5. The summed E-state index contributed by atoms with van der Waals surface area (Å²) >= 11 is 3.53. The molecule has 1 saturated carbocycles. The minimum Gasteiger partial charge on any atom is -0.388 e. The lowest BCUT2D eigenvalue weighted by molar-refractivity contribution is -0.0580. The molecular weight excluding hydrogens is 601 g/mol. The van der Waals surface area contributed by atoms with Gasteiger partial charge < -0.3 is 9.84 Å². The molecule has 0 saturated heterocycles. The lowest BCUT2D eigenvalue weighted by Gasteiger charge is -2.40. The third-order valence-electron chi connectivity index (χ3n) is 8.81. The third kappa shape index (κ3) is 7.90. The Morgan fingerprint density at radius 2 is 1.51 bits per heavy atom. The van der Waals surface area contributed by atoms with Crippen LogP contribution in [0.4, 0.5) is 19.4 Å². The van der Waals surface area contributed by atoms with Crippen LogP contribution in [0.1, 0.15) is 146 Å². The topological polar surface area (TPSA) is 42.4 Å². The number of rotatable bonds is 3. The van der Waals surface area contributed by atoms with E-state index in [2.05, 4.69) is 54.2 Å². The normalized spacial score (nSPS) is 23.7. The molecule has 5 rings (SSSR count). The van der Waals surface area contributed by atoms with E-state index in [1.807, 2.05) is 13.8 Å². The second kappa shape index (κ2) is 11.5. The summed E-state index contributed by atoms with van der Waals surface area (Å²) in [4.78, 5) is 3.10. The van der Waals surface area contributed by atoms with Gasteiger partial charge in [-0.05, 0) is 71.9 Å². The van der Waals surface area contributed by atoms with Crippen molar-refractivity contribution in [3.63, 3.8) is 0 Å². The van der Waals surface area contributed by atoms with E-state index in [1.165, 1.54) is 6.42 Å². The van der Waals surface area contributed by atoms with Crippen molar-refractivity contribution in [2.24, 2.45) is 10.8 Å². The van der Waals surface area contributed by atoms with Gasteiger partial charge in [-0.15, -0.1) is 0 Å². The average Bonchev–Trinajstić information content (AvgIpc) is 3.48. The molecule has 10 heteroatoms. The van der Waals surface area contributed by atoms with Gasteiger partial charge >= 0.3 is 10.2 Å². The largest absolute Gasteiger partial charge is 0.388 e. The molecule has 0 bridgehead atoms. The van der Waals surface area contributed by atoms with Gasteiger partial charge in [0.15, 0.2) is 0 Å². The number of hydrogen-bond donors (Lipinski definition) is 2. The highest BCUT2D eigenvalue weighted by atomic mass is 32.5. The number of thiol groups is 1. The van der Waals surface area contributed by atoms with Crippen LogP contribution in [0.3, 0.4) is 0 Å². The van der Waals surface area contributed by atoms with Gasteiger partial charge in [-0.25, -0.2) is 0 Å². The summed E-state index contributed by atoms with van der Waals surface area (Å²) < 4.78 is 73.3. The predicted molar refractivity (Wildman–Crippen MR) is 171 cm³/mol. The van der Waals surface area contributed by atoms with Gasteiger partial charge in [0.05, 0.1) is 11.7 Å². The zero-order valence-corrected chi connectivity index (χ0v) is 28.8. The van der Waals surface area contributed by atoms with Gasteiger partial charge in [0.1, 0.15) is 11.0 Å². The quantitative estimate of drug-likeness (QED) is 0.256. The Morgan fingerprint density at radius 1 is 1.00 bits per heavy atom. The van der Waals surface area contributed by atoms with E-state index < -0.39 is 32.9 Å². The predicted octanol–water partition coefficient (Wildman–Crippen LogP) is 11.7. The molecule has 1 fully saturated rings. The van der Waals surface area contributed by atoms with Crippen LogP contribution in [0.25, 0.3) is 0 Å². The number of pyridine rings is 1. The maximum Gasteiger partial charge on any atom is 0.310 e. The SMILES string of the molecule is CC(C)c1nc2c(c3c1C(c1ccc(S(F)(F)(F)(F)F)cc1)OC31CCCC1)C(O)CC(C)(C)C2.CCC(C)(C)C.CS. The van der Waals surface area contributed by atoms with E-state index in [9.17, 15) is 24.5 Å². The lowest BCUT2D eigenvalue weighted by atomic mass is 9.70. The molecule has 246 valence electrons. The Hall–Kier alpha value is -1.36. The molecule has 0 amide bonds. The van der Waals surface area contributed by atoms with Crippen LogP contribution in [0.5, 0.6) is 0 Å². The zero-order chi connectivity index (χ0) is 32.9. The zero-order valence-electron chi connectivity index (χ0n) is 27.0. The van der Waals surface area contributed by atoms with Gasteiger partial charge in [-0.1, -0.05) is 106 Å². The molecule has 1 spiro atoms. The van der Waals surface area contributed by atoms with Crippen molar-refractivity contribution >= 4 is 22.9 Å². The molecule has 1 aromatic carbocycles. The molecule has 2 atom stereocenters. The van der Waals surface area contributed by atoms with Crippen molar-refractivity contribution < 1.29 is 29.3 Å². The molecule has 2 unspecified atom stereocenters. The summed E-state index contributed by atoms with van der Waals surface area (Å²) in [6.45, 7) is 17.2. The molecule has 2 aliphatic carbocycles. The summed E-state index contributed by atoms with van der Waals surface area (Å²) in [5.41, 5.74) is 4.35. The summed E-state index contributed by atoms with van der Waals surface area (Å²) in [6.07, 6.45) is 6.16. The Morgan fingerprint density at radius 3 is 1.95 bits per heavy atom. The van der Waals surface area contributed by atoms with Gasteiger partial charge in [0.25, 0.3) is 0 Å². The monoisotopic (exact) mass is 651 g/mol. The molecule has 3 aliphatic rings. The molecule has 1 aromatic heterocycles. The van der Waals surface area contributed by atoms with Crippen molar-refractivity contribution in [1.29, 1.82) is 0 Å². The van der Waals surface area contributed by atoms with Crippen molar-refractivity contribution in [3.05, 3.63) is 57.9 Å². The number of benzene rings is 1. The minimum absolute atomic E-state index is 0.00264. The Labute approximate surface area is 260 Å². The van der Waals surface area contributed by atoms with Gasteiger partial charge in [0, 0.05) is 22.5 Å². The second-order valence-corrected chi connectivity index (χ2v) is 16.9. The third-order valence-corrected chi connectivity index (χ3v) is 9.98. The maximum atomic E-state index is 13.3. The number of aliphatic hydroxyl groups excluding tert-OH is 1. The fourth-order valence-electron chi connectivity index (χ4n) is 6.32. The molecule has 0 radical (unpaired) electrons. The first-order valence-corrected chi connectivity index (χ1v) is 18.0. The summed E-state index contributed by atoms with van der Waals surface area (Å²) in [6, 6.07) is 3.10. The summed E-state index contributed by atoms with van der Waals surface area (Å²) in [7, 11) is -9.77. The van der Waals surface area contributed by atoms with E-state index in [4.69, 9.17) is 9.72 Å². The molecule has 1 aliphatic heterocycles. The van der Waals surface area contributed by atoms with Crippen molar-refractivity contribution in [2.75, 3.05) is 6.26 Å². The molecule has 1 N–H and O–H groups in total. The first-order chi connectivity index (χ1) is 19.5. The number of hydrogen-bond acceptors (Lipinski definition) is 4. The number of ether oxygens (including phenoxy) is 1. The van der Waals surface area contributed by atoms with Crippen molar-refractivity contribution in [2.45, 2.75) is 129 Å². The highest BCUT2D eigenvalue weighted by molar-refractivity contribution is 8.45. The van der Waals surface area contributed by atoms with Crippen LogP contribution < -0.4 is 0 Å². The maximum absolute atomic E-state index is 13.3. The highest BCUT2D eigenvalue weighted by Crippen LogP contribution is 3.02. The standard InChI is InChI=1S/C26H32F5NO2S.C6H14.CH4S/c1-15(2)23-21-22(20-18(32-23)13-25(3,4)14-19(20)33)26(11-5-6-12-26)34-24(21)16-7-9-17(10-8-16)35(27,28,29,30)31;1-5-6(2,3)4;1-2/h7-10,15,19,24,33H,5-6,11-14H2,1-4H3;5H2,1-4H3;2H,1H3. The van der Waals surface area contributed by atoms with Gasteiger partial charge in [-0.3, -0.25) is 4.98 Å². The van der Waals surface area contributed by atoms with Gasteiger partial charge in [0.2, 0.25) is 0 Å². The fourth-order valence-corrected chi connectivity index (χ4v) is 6.97. The van der Waals surface area contributed by atoms with Crippen LogP contribution in [-0.2, 0) is 16.8 Å². The Balaban J connectivity index is 0.000000566. The molecule has 43 heavy (non-hydrogen) atoms. The Bertz CT molecular complexity index is 1300. The van der Waals surface area contributed by atoms with E-state index in [0.29, 0.717) is 36.0 Å². The van der Waals surface area contributed by atoms with E-state index in [-0.39, 0.29) is 11.3 Å². The molecular formula is C33H50F5NO2S2. The number of aromatic nitrogens is 1. The number of fused-ring (bicyclic) bond motifs is 4. The number of aliphatic hydroxyl groups is 1. The number of halogens is 5. The van der Waals surface area contributed by atoms with Crippen LogP contribution in [0, 0.1) is 10.8 Å².